The third-order valence-electron chi connectivity index (χ3n) is 5.55. The fourth-order valence-corrected chi connectivity index (χ4v) is 3.81. The average Bonchev–Trinajstić information content (AvgIpc) is 2.80. The summed E-state index contributed by atoms with van der Waals surface area (Å²) in [6.07, 6.45) is 1.16. The molecule has 160 valence electrons. The number of rotatable bonds is 7. The summed E-state index contributed by atoms with van der Waals surface area (Å²) in [5.74, 6) is 1.18. The summed E-state index contributed by atoms with van der Waals surface area (Å²) in [5.41, 5.74) is 2.36. The third kappa shape index (κ3) is 6.15. The number of aryl methyl sites for hydroxylation is 1. The molecule has 0 spiro atoms. The summed E-state index contributed by atoms with van der Waals surface area (Å²) >= 11 is 0. The van der Waals surface area contributed by atoms with E-state index in [2.05, 4.69) is 29.2 Å². The first kappa shape index (κ1) is 21.1. The van der Waals surface area contributed by atoms with E-state index in [1.165, 1.54) is 17.7 Å². The SMILES string of the molecule is O=C(CCc1cccc(Oc2ccc(F)cc2)c1)N1CCN(Cc2ccccc2)CC1. The van der Waals surface area contributed by atoms with Crippen molar-refractivity contribution in [1.82, 2.24) is 9.80 Å². The number of carbonyl (C=O) groups excluding carboxylic acids is 1. The van der Waals surface area contributed by atoms with Crippen LogP contribution in [0, 0.1) is 5.82 Å². The molecule has 3 aromatic rings. The quantitative estimate of drug-likeness (QED) is 0.547. The summed E-state index contributed by atoms with van der Waals surface area (Å²) in [5, 5.41) is 0. The van der Waals surface area contributed by atoms with E-state index in [1.54, 1.807) is 12.1 Å². The number of amides is 1. The van der Waals surface area contributed by atoms with E-state index in [-0.39, 0.29) is 11.7 Å². The summed E-state index contributed by atoms with van der Waals surface area (Å²) in [7, 11) is 0. The van der Waals surface area contributed by atoms with Crippen molar-refractivity contribution in [3.05, 3.63) is 95.8 Å². The van der Waals surface area contributed by atoms with Gasteiger partial charge in [-0.3, -0.25) is 9.69 Å². The number of hydrogen-bond donors (Lipinski definition) is 0. The molecule has 4 rings (SSSR count). The molecule has 1 heterocycles. The number of benzene rings is 3. The predicted molar refractivity (Wildman–Crippen MR) is 120 cm³/mol. The second kappa shape index (κ2) is 10.2. The molecule has 0 radical (unpaired) electrons. The van der Waals surface area contributed by atoms with E-state index in [0.717, 1.165) is 38.3 Å². The lowest BCUT2D eigenvalue weighted by Gasteiger charge is -2.34. The minimum absolute atomic E-state index is 0.198. The van der Waals surface area contributed by atoms with Crippen molar-refractivity contribution >= 4 is 5.91 Å². The number of halogens is 1. The van der Waals surface area contributed by atoms with Gasteiger partial charge in [-0.25, -0.2) is 4.39 Å². The molecule has 5 heteroatoms. The van der Waals surface area contributed by atoms with Crippen LogP contribution in [0.4, 0.5) is 4.39 Å². The van der Waals surface area contributed by atoms with Gasteiger partial charge in [-0.1, -0.05) is 42.5 Å². The fraction of sp³-hybridized carbons (Fsp3) is 0.269. The minimum Gasteiger partial charge on any atom is -0.457 e. The Morgan fingerprint density at radius 2 is 1.52 bits per heavy atom. The third-order valence-corrected chi connectivity index (χ3v) is 5.55. The molecule has 4 nitrogen and oxygen atoms in total. The maximum atomic E-state index is 13.0. The zero-order valence-electron chi connectivity index (χ0n) is 17.5. The molecule has 31 heavy (non-hydrogen) atoms. The van der Waals surface area contributed by atoms with Gasteiger partial charge in [0, 0.05) is 39.1 Å². The molecule has 1 aliphatic heterocycles. The topological polar surface area (TPSA) is 32.8 Å². The zero-order valence-corrected chi connectivity index (χ0v) is 17.5. The Hall–Kier alpha value is -3.18. The maximum absolute atomic E-state index is 13.0. The van der Waals surface area contributed by atoms with Gasteiger partial charge in [0.1, 0.15) is 17.3 Å². The van der Waals surface area contributed by atoms with Crippen LogP contribution in [0.2, 0.25) is 0 Å². The van der Waals surface area contributed by atoms with Crippen LogP contribution < -0.4 is 4.74 Å². The first-order chi connectivity index (χ1) is 15.2. The summed E-state index contributed by atoms with van der Waals surface area (Å²) in [4.78, 5) is 17.1. The maximum Gasteiger partial charge on any atom is 0.222 e. The molecular formula is C26H27FN2O2. The van der Waals surface area contributed by atoms with Crippen LogP contribution in [0.1, 0.15) is 17.5 Å². The van der Waals surface area contributed by atoms with E-state index < -0.39 is 0 Å². The van der Waals surface area contributed by atoms with Crippen LogP contribution in [0.3, 0.4) is 0 Å². The lowest BCUT2D eigenvalue weighted by atomic mass is 10.1. The molecule has 1 aliphatic rings. The van der Waals surface area contributed by atoms with Crippen molar-refractivity contribution in [3.8, 4) is 11.5 Å². The monoisotopic (exact) mass is 418 g/mol. The van der Waals surface area contributed by atoms with E-state index >= 15 is 0 Å². The fourth-order valence-electron chi connectivity index (χ4n) is 3.81. The van der Waals surface area contributed by atoms with Crippen LogP contribution in [0.5, 0.6) is 11.5 Å². The van der Waals surface area contributed by atoms with Gasteiger partial charge in [0.2, 0.25) is 5.91 Å². The standard InChI is InChI=1S/C26H27FN2O2/c27-23-10-12-24(13-11-23)31-25-8-4-7-21(19-25)9-14-26(30)29-17-15-28(16-18-29)20-22-5-2-1-3-6-22/h1-8,10-13,19H,9,14-18,20H2. The zero-order chi connectivity index (χ0) is 21.5. The molecule has 0 atom stereocenters. The number of nitrogens with zero attached hydrogens (tertiary/aromatic N) is 2. The summed E-state index contributed by atoms with van der Waals surface area (Å²) in [6.45, 7) is 4.30. The van der Waals surface area contributed by atoms with Gasteiger partial charge in [0.15, 0.2) is 0 Å². The van der Waals surface area contributed by atoms with Gasteiger partial charge >= 0.3 is 0 Å². The van der Waals surface area contributed by atoms with Crippen LogP contribution in [0.15, 0.2) is 78.9 Å². The predicted octanol–water partition coefficient (Wildman–Crippen LogP) is 4.90. The second-order valence-electron chi connectivity index (χ2n) is 7.85. The summed E-state index contributed by atoms with van der Waals surface area (Å²) < 4.78 is 18.8. The van der Waals surface area contributed by atoms with Gasteiger partial charge in [-0.05, 0) is 53.9 Å². The number of ether oxygens (including phenoxy) is 1. The van der Waals surface area contributed by atoms with Crippen molar-refractivity contribution in [2.75, 3.05) is 26.2 Å². The van der Waals surface area contributed by atoms with Crippen molar-refractivity contribution < 1.29 is 13.9 Å². The minimum atomic E-state index is -0.291. The highest BCUT2D eigenvalue weighted by atomic mass is 19.1. The molecule has 1 fully saturated rings. The summed E-state index contributed by atoms with van der Waals surface area (Å²) in [6, 6.07) is 24.1. The highest BCUT2D eigenvalue weighted by molar-refractivity contribution is 5.76. The van der Waals surface area contributed by atoms with Crippen LogP contribution in [0.25, 0.3) is 0 Å². The van der Waals surface area contributed by atoms with E-state index in [0.29, 0.717) is 24.3 Å². The Balaban J connectivity index is 1.24. The Bertz CT molecular complexity index is 984. The molecule has 0 bridgehead atoms. The Labute approximate surface area is 182 Å². The van der Waals surface area contributed by atoms with Gasteiger partial charge in [0.05, 0.1) is 0 Å². The normalized spacial score (nSPS) is 14.4. The van der Waals surface area contributed by atoms with Crippen LogP contribution >= 0.6 is 0 Å². The van der Waals surface area contributed by atoms with Gasteiger partial charge in [-0.2, -0.15) is 0 Å². The molecule has 0 saturated carbocycles. The first-order valence-corrected chi connectivity index (χ1v) is 10.7. The van der Waals surface area contributed by atoms with Gasteiger partial charge < -0.3 is 9.64 Å². The molecule has 0 N–H and O–H groups in total. The van der Waals surface area contributed by atoms with Crippen molar-refractivity contribution in [2.24, 2.45) is 0 Å². The Morgan fingerprint density at radius 1 is 0.806 bits per heavy atom. The van der Waals surface area contributed by atoms with Crippen LogP contribution in [-0.2, 0) is 17.8 Å². The Morgan fingerprint density at radius 3 is 2.26 bits per heavy atom. The lowest BCUT2D eigenvalue weighted by molar-refractivity contribution is -0.133. The number of carbonyl (C=O) groups is 1. The first-order valence-electron chi connectivity index (χ1n) is 10.7. The molecule has 1 saturated heterocycles. The number of hydrogen-bond acceptors (Lipinski definition) is 3. The molecule has 1 amide bonds. The van der Waals surface area contributed by atoms with Crippen molar-refractivity contribution in [3.63, 3.8) is 0 Å². The van der Waals surface area contributed by atoms with Crippen LogP contribution in [-0.4, -0.2) is 41.9 Å². The van der Waals surface area contributed by atoms with Crippen molar-refractivity contribution in [2.45, 2.75) is 19.4 Å². The molecular weight excluding hydrogens is 391 g/mol. The van der Waals surface area contributed by atoms with Crippen molar-refractivity contribution in [1.29, 1.82) is 0 Å². The number of piperazine rings is 1. The Kier molecular flexibility index (Phi) is 6.95. The van der Waals surface area contributed by atoms with E-state index in [4.69, 9.17) is 4.74 Å². The smallest absolute Gasteiger partial charge is 0.222 e. The molecule has 0 unspecified atom stereocenters. The second-order valence-corrected chi connectivity index (χ2v) is 7.85. The highest BCUT2D eigenvalue weighted by Gasteiger charge is 2.20. The average molecular weight is 419 g/mol. The molecule has 0 aromatic heterocycles. The largest absolute Gasteiger partial charge is 0.457 e. The van der Waals surface area contributed by atoms with E-state index in [9.17, 15) is 9.18 Å². The highest BCUT2D eigenvalue weighted by Crippen LogP contribution is 2.23. The van der Waals surface area contributed by atoms with E-state index in [1.807, 2.05) is 35.2 Å². The van der Waals surface area contributed by atoms with Gasteiger partial charge in [-0.15, -0.1) is 0 Å². The lowest BCUT2D eigenvalue weighted by Crippen LogP contribution is -2.48. The van der Waals surface area contributed by atoms with Gasteiger partial charge in [0.25, 0.3) is 0 Å². The molecule has 0 aliphatic carbocycles. The molecule has 3 aromatic carbocycles.